The molecule has 3 heterocycles. The fourth-order valence-electron chi connectivity index (χ4n) is 4.68. The van der Waals surface area contributed by atoms with Crippen LogP contribution in [0.1, 0.15) is 62.4 Å². The summed E-state index contributed by atoms with van der Waals surface area (Å²) in [5, 5.41) is 12.2. The van der Waals surface area contributed by atoms with E-state index in [1.807, 2.05) is 25.1 Å². The van der Waals surface area contributed by atoms with Gasteiger partial charge in [-0.05, 0) is 31.0 Å². The Morgan fingerprint density at radius 2 is 1.90 bits per heavy atom. The maximum absolute atomic E-state index is 12.9. The summed E-state index contributed by atoms with van der Waals surface area (Å²) in [6.07, 6.45) is 4.81. The molecular weight excluding hydrogens is 380 g/mol. The van der Waals surface area contributed by atoms with Crippen LogP contribution in [0.25, 0.3) is 10.9 Å². The third-order valence-electron chi connectivity index (χ3n) is 6.26. The van der Waals surface area contributed by atoms with Crippen LogP contribution in [0.3, 0.4) is 0 Å². The molecule has 1 unspecified atom stereocenters. The third-order valence-corrected chi connectivity index (χ3v) is 6.26. The Morgan fingerprint density at radius 1 is 1.10 bits per heavy atom. The van der Waals surface area contributed by atoms with Crippen LogP contribution in [0.2, 0.25) is 0 Å². The van der Waals surface area contributed by atoms with Gasteiger partial charge in [0.15, 0.2) is 0 Å². The Hall–Kier alpha value is -2.80. The zero-order valence-corrected chi connectivity index (χ0v) is 17.7. The van der Waals surface area contributed by atoms with Crippen LogP contribution in [0.5, 0.6) is 5.88 Å². The molecule has 160 valence electrons. The second-order valence-electron chi connectivity index (χ2n) is 8.05. The average Bonchev–Trinajstić information content (AvgIpc) is 3.12. The van der Waals surface area contributed by atoms with Crippen molar-refractivity contribution in [2.24, 2.45) is 0 Å². The van der Waals surface area contributed by atoms with Crippen LogP contribution in [0.15, 0.2) is 33.9 Å². The van der Waals surface area contributed by atoms with Crippen LogP contribution >= 0.6 is 0 Å². The van der Waals surface area contributed by atoms with E-state index in [4.69, 9.17) is 0 Å². The van der Waals surface area contributed by atoms with Gasteiger partial charge < -0.3 is 10.1 Å². The first-order valence-corrected chi connectivity index (χ1v) is 11.0. The number of benzene rings is 1. The van der Waals surface area contributed by atoms with Crippen molar-refractivity contribution in [3.8, 4) is 5.88 Å². The van der Waals surface area contributed by atoms with E-state index in [9.17, 15) is 14.7 Å². The molecule has 3 aromatic rings. The largest absolute Gasteiger partial charge is 0.494 e. The molecule has 0 saturated heterocycles. The Balaban J connectivity index is 1.84. The van der Waals surface area contributed by atoms with Crippen molar-refractivity contribution in [1.29, 1.82) is 0 Å². The normalized spacial score (nSPS) is 16.8. The van der Waals surface area contributed by atoms with E-state index in [1.165, 1.54) is 10.1 Å². The van der Waals surface area contributed by atoms with Gasteiger partial charge >= 0.3 is 5.69 Å². The van der Waals surface area contributed by atoms with E-state index in [0.717, 1.165) is 61.8 Å². The van der Waals surface area contributed by atoms with Gasteiger partial charge in [0.1, 0.15) is 5.56 Å². The van der Waals surface area contributed by atoms with Gasteiger partial charge in [-0.25, -0.2) is 4.79 Å². The second-order valence-corrected chi connectivity index (χ2v) is 8.05. The summed E-state index contributed by atoms with van der Waals surface area (Å²) >= 11 is 0. The molecule has 1 atom stereocenters. The Bertz CT molecular complexity index is 1160. The van der Waals surface area contributed by atoms with E-state index in [0.29, 0.717) is 6.54 Å². The Labute approximate surface area is 175 Å². The van der Waals surface area contributed by atoms with Crippen molar-refractivity contribution in [2.75, 3.05) is 13.1 Å². The zero-order valence-electron chi connectivity index (χ0n) is 17.7. The van der Waals surface area contributed by atoms with E-state index in [2.05, 4.69) is 27.9 Å². The number of aromatic hydroxyl groups is 1. The van der Waals surface area contributed by atoms with Gasteiger partial charge in [-0.15, -0.1) is 0 Å². The lowest BCUT2D eigenvalue weighted by atomic mass is 9.93. The summed E-state index contributed by atoms with van der Waals surface area (Å²) in [6, 6.07) is 7.69. The first-order chi connectivity index (χ1) is 14.6. The SMILES string of the molecule is CCCCCCn1c(O)c(C2c3[nH]c4ccccc4c3CCN2CC)c(=O)[nH]c1=O. The molecule has 4 rings (SSSR count). The molecule has 0 saturated carbocycles. The van der Waals surface area contributed by atoms with Crippen molar-refractivity contribution in [2.45, 2.75) is 58.5 Å². The number of rotatable bonds is 7. The van der Waals surface area contributed by atoms with E-state index >= 15 is 0 Å². The van der Waals surface area contributed by atoms with Crippen molar-refractivity contribution in [1.82, 2.24) is 19.4 Å². The predicted octanol–water partition coefficient (Wildman–Crippen LogP) is 3.27. The highest BCUT2D eigenvalue weighted by molar-refractivity contribution is 5.85. The van der Waals surface area contributed by atoms with E-state index in [-0.39, 0.29) is 11.4 Å². The van der Waals surface area contributed by atoms with Crippen molar-refractivity contribution in [3.63, 3.8) is 0 Å². The topological polar surface area (TPSA) is 94.1 Å². The highest BCUT2D eigenvalue weighted by atomic mass is 16.3. The van der Waals surface area contributed by atoms with Crippen molar-refractivity contribution in [3.05, 3.63) is 61.9 Å². The zero-order chi connectivity index (χ0) is 21.3. The molecule has 7 heteroatoms. The van der Waals surface area contributed by atoms with Crippen LogP contribution in [0.4, 0.5) is 0 Å². The van der Waals surface area contributed by atoms with Gasteiger partial charge in [0.2, 0.25) is 5.88 Å². The van der Waals surface area contributed by atoms with Crippen molar-refractivity contribution >= 4 is 10.9 Å². The van der Waals surface area contributed by atoms with Gasteiger partial charge in [-0.2, -0.15) is 0 Å². The number of H-pyrrole nitrogens is 2. The molecule has 1 aliphatic rings. The number of likely N-dealkylation sites (N-methyl/N-ethyl adjacent to an activating group) is 1. The van der Waals surface area contributed by atoms with Gasteiger partial charge in [0.25, 0.3) is 5.56 Å². The van der Waals surface area contributed by atoms with Gasteiger partial charge in [0.05, 0.1) is 6.04 Å². The second kappa shape index (κ2) is 8.52. The molecule has 0 fully saturated rings. The monoisotopic (exact) mass is 410 g/mol. The first-order valence-electron chi connectivity index (χ1n) is 11.0. The maximum Gasteiger partial charge on any atom is 0.331 e. The van der Waals surface area contributed by atoms with Gasteiger partial charge in [-0.3, -0.25) is 19.2 Å². The summed E-state index contributed by atoms with van der Waals surface area (Å²) < 4.78 is 1.32. The summed E-state index contributed by atoms with van der Waals surface area (Å²) in [7, 11) is 0. The van der Waals surface area contributed by atoms with Crippen LogP contribution in [0, 0.1) is 0 Å². The number of hydrogen-bond acceptors (Lipinski definition) is 4. The fourth-order valence-corrected chi connectivity index (χ4v) is 4.68. The number of unbranched alkanes of at least 4 members (excludes halogenated alkanes) is 3. The molecule has 2 aromatic heterocycles. The molecule has 0 amide bonds. The molecule has 1 aromatic carbocycles. The minimum atomic E-state index is -0.548. The molecule has 0 spiro atoms. The number of nitrogens with zero attached hydrogens (tertiary/aromatic N) is 2. The molecule has 0 radical (unpaired) electrons. The smallest absolute Gasteiger partial charge is 0.331 e. The number of aromatic amines is 2. The highest BCUT2D eigenvalue weighted by Crippen LogP contribution is 2.39. The summed E-state index contributed by atoms with van der Waals surface area (Å²) in [6.45, 7) is 6.08. The Morgan fingerprint density at radius 3 is 2.67 bits per heavy atom. The molecule has 30 heavy (non-hydrogen) atoms. The van der Waals surface area contributed by atoms with E-state index in [1.54, 1.807) is 0 Å². The van der Waals surface area contributed by atoms with Crippen LogP contribution in [-0.4, -0.2) is 37.6 Å². The number of hydrogen-bond donors (Lipinski definition) is 3. The minimum absolute atomic E-state index is 0.213. The summed E-state index contributed by atoms with van der Waals surface area (Å²) in [4.78, 5) is 33.4. The molecule has 3 N–H and O–H groups in total. The molecule has 0 bridgehead atoms. The number of aromatic nitrogens is 3. The molecule has 0 aliphatic carbocycles. The predicted molar refractivity (Wildman–Crippen MR) is 118 cm³/mol. The number of nitrogens with one attached hydrogen (secondary N) is 2. The molecule has 7 nitrogen and oxygen atoms in total. The minimum Gasteiger partial charge on any atom is -0.494 e. The van der Waals surface area contributed by atoms with E-state index < -0.39 is 17.3 Å². The number of fused-ring (bicyclic) bond motifs is 3. The van der Waals surface area contributed by atoms with Crippen LogP contribution < -0.4 is 11.2 Å². The highest BCUT2D eigenvalue weighted by Gasteiger charge is 2.35. The summed E-state index contributed by atoms with van der Waals surface area (Å²) in [5.41, 5.74) is 2.32. The molecular formula is C23H30N4O3. The first kappa shape index (κ1) is 20.5. The lowest BCUT2D eigenvalue weighted by molar-refractivity contribution is 0.214. The van der Waals surface area contributed by atoms with Crippen LogP contribution in [-0.2, 0) is 13.0 Å². The lowest BCUT2D eigenvalue weighted by Gasteiger charge is -2.35. The summed E-state index contributed by atoms with van der Waals surface area (Å²) in [5.74, 6) is -0.213. The van der Waals surface area contributed by atoms with Gasteiger partial charge in [-0.1, -0.05) is 51.3 Å². The molecule has 1 aliphatic heterocycles. The quantitative estimate of drug-likeness (QED) is 0.521. The Kier molecular flexibility index (Phi) is 5.81. The lowest BCUT2D eigenvalue weighted by Crippen LogP contribution is -2.41. The van der Waals surface area contributed by atoms with Gasteiger partial charge in [0, 0.05) is 29.7 Å². The van der Waals surface area contributed by atoms with Crippen molar-refractivity contribution < 1.29 is 5.11 Å². The average molecular weight is 411 g/mol. The third kappa shape index (κ3) is 3.47. The fraction of sp³-hybridized carbons (Fsp3) is 0.478. The standard InChI is InChI=1S/C23H30N4O3/c1-3-5-6-9-13-27-22(29)18(21(28)25-23(27)30)20-19-16(12-14-26(20)4-2)15-10-7-8-11-17(15)24-19/h7-8,10-11,20,24,29H,3-6,9,12-14H2,1-2H3,(H,25,28,30). The number of para-hydroxylation sites is 1. The maximum atomic E-state index is 12.9.